The number of hydrogen-bond acceptors (Lipinski definition) is 2. The third-order valence-corrected chi connectivity index (χ3v) is 4.95. The lowest BCUT2D eigenvalue weighted by molar-refractivity contribution is 0.417. The van der Waals surface area contributed by atoms with Gasteiger partial charge in [0.2, 0.25) is 0 Å². The van der Waals surface area contributed by atoms with E-state index in [0.717, 1.165) is 25.2 Å². The Morgan fingerprint density at radius 3 is 2.61 bits per heavy atom. The fourth-order valence-electron chi connectivity index (χ4n) is 2.68. The third kappa shape index (κ3) is 2.97. The van der Waals surface area contributed by atoms with Crippen molar-refractivity contribution in [1.82, 2.24) is 15.1 Å². The molecule has 102 valence electrons. The molecular formula is C14H24BrN3. The Bertz CT molecular complexity index is 407. The predicted molar refractivity (Wildman–Crippen MR) is 78.6 cm³/mol. The van der Waals surface area contributed by atoms with Crippen molar-refractivity contribution in [2.45, 2.75) is 52.5 Å². The molecule has 0 bridgehead atoms. The summed E-state index contributed by atoms with van der Waals surface area (Å²) in [5, 5.41) is 8.14. The summed E-state index contributed by atoms with van der Waals surface area (Å²) < 4.78 is 3.18. The van der Waals surface area contributed by atoms with Crippen molar-refractivity contribution < 1.29 is 0 Å². The summed E-state index contributed by atoms with van der Waals surface area (Å²) in [6.45, 7) is 6.49. The van der Waals surface area contributed by atoms with Gasteiger partial charge in [0.25, 0.3) is 0 Å². The average molecular weight is 314 g/mol. The van der Waals surface area contributed by atoms with Gasteiger partial charge in [0, 0.05) is 20.1 Å². The topological polar surface area (TPSA) is 29.9 Å². The Labute approximate surface area is 118 Å². The summed E-state index contributed by atoms with van der Waals surface area (Å²) in [4.78, 5) is 0. The Morgan fingerprint density at radius 2 is 2.11 bits per heavy atom. The molecule has 1 aliphatic rings. The van der Waals surface area contributed by atoms with Gasteiger partial charge >= 0.3 is 0 Å². The van der Waals surface area contributed by atoms with Crippen molar-refractivity contribution in [3.63, 3.8) is 0 Å². The average Bonchev–Trinajstić information content (AvgIpc) is 3.05. The van der Waals surface area contributed by atoms with Gasteiger partial charge in [0.15, 0.2) is 0 Å². The first-order chi connectivity index (χ1) is 8.62. The summed E-state index contributed by atoms with van der Waals surface area (Å²) in [7, 11) is 2.03. The van der Waals surface area contributed by atoms with Gasteiger partial charge in [-0.25, -0.2) is 0 Å². The highest BCUT2D eigenvalue weighted by Gasteiger charge is 2.40. The van der Waals surface area contributed by atoms with Gasteiger partial charge in [-0.1, -0.05) is 20.3 Å². The fourth-order valence-corrected chi connectivity index (χ4v) is 3.44. The lowest BCUT2D eigenvalue weighted by Crippen LogP contribution is -2.24. The smallest absolute Gasteiger partial charge is 0.0767 e. The van der Waals surface area contributed by atoms with Crippen LogP contribution in [0.1, 0.15) is 50.9 Å². The van der Waals surface area contributed by atoms with Gasteiger partial charge in [0.05, 0.1) is 15.9 Å². The third-order valence-electron chi connectivity index (χ3n) is 4.03. The maximum absolute atomic E-state index is 4.53. The van der Waals surface area contributed by atoms with Crippen LogP contribution in [0, 0.1) is 5.41 Å². The molecule has 0 amide bonds. The van der Waals surface area contributed by atoms with Crippen molar-refractivity contribution in [1.29, 1.82) is 0 Å². The standard InChI is InChI=1S/C14H24BrN3/c1-4-6-14(7-8-14)10-16-9-12-13(15)11(5-2)17-18(12)3/h16H,4-10H2,1-3H3. The van der Waals surface area contributed by atoms with Crippen LogP contribution in [0.2, 0.25) is 0 Å². The van der Waals surface area contributed by atoms with E-state index in [9.17, 15) is 0 Å². The SMILES string of the molecule is CCCC1(CNCc2c(Br)c(CC)nn2C)CC1. The number of aryl methyl sites for hydroxylation is 2. The number of halogens is 1. The Morgan fingerprint density at radius 1 is 1.39 bits per heavy atom. The second-order valence-electron chi connectivity index (χ2n) is 5.54. The maximum Gasteiger partial charge on any atom is 0.0767 e. The summed E-state index contributed by atoms with van der Waals surface area (Å²) in [5.74, 6) is 0. The van der Waals surface area contributed by atoms with E-state index in [2.05, 4.69) is 40.2 Å². The fraction of sp³-hybridized carbons (Fsp3) is 0.786. The first-order valence-electron chi connectivity index (χ1n) is 7.03. The lowest BCUT2D eigenvalue weighted by atomic mass is 10.0. The van der Waals surface area contributed by atoms with Crippen LogP contribution in [0.15, 0.2) is 4.47 Å². The van der Waals surface area contributed by atoms with Gasteiger partial charge < -0.3 is 5.32 Å². The van der Waals surface area contributed by atoms with E-state index in [4.69, 9.17) is 0 Å². The van der Waals surface area contributed by atoms with Crippen molar-refractivity contribution >= 4 is 15.9 Å². The predicted octanol–water partition coefficient (Wildman–Crippen LogP) is 3.41. The van der Waals surface area contributed by atoms with Gasteiger partial charge in [-0.2, -0.15) is 5.10 Å². The molecule has 1 N–H and O–H groups in total. The number of nitrogens with zero attached hydrogens (tertiary/aromatic N) is 2. The zero-order valence-corrected chi connectivity index (χ0v) is 13.3. The summed E-state index contributed by atoms with van der Waals surface area (Å²) in [6, 6.07) is 0. The molecule has 0 saturated heterocycles. The monoisotopic (exact) mass is 313 g/mol. The molecule has 1 aromatic heterocycles. The second kappa shape index (κ2) is 5.74. The van der Waals surface area contributed by atoms with E-state index in [1.807, 2.05) is 11.7 Å². The van der Waals surface area contributed by atoms with Gasteiger partial charge in [-0.05, 0) is 47.0 Å². The summed E-state index contributed by atoms with van der Waals surface area (Å²) >= 11 is 3.67. The zero-order chi connectivity index (χ0) is 13.2. The largest absolute Gasteiger partial charge is 0.311 e. The van der Waals surface area contributed by atoms with Crippen LogP contribution < -0.4 is 5.32 Å². The van der Waals surface area contributed by atoms with E-state index < -0.39 is 0 Å². The van der Waals surface area contributed by atoms with Crippen LogP contribution in [-0.4, -0.2) is 16.3 Å². The van der Waals surface area contributed by atoms with Gasteiger partial charge in [-0.3, -0.25) is 4.68 Å². The highest BCUT2D eigenvalue weighted by atomic mass is 79.9. The molecule has 1 aromatic rings. The van der Waals surface area contributed by atoms with Crippen LogP contribution in [-0.2, 0) is 20.0 Å². The normalized spacial score (nSPS) is 17.1. The number of nitrogens with one attached hydrogen (secondary N) is 1. The lowest BCUT2D eigenvalue weighted by Gasteiger charge is -2.15. The van der Waals surface area contributed by atoms with Crippen molar-refractivity contribution in [2.75, 3.05) is 6.54 Å². The quantitative estimate of drug-likeness (QED) is 0.836. The molecule has 0 aliphatic heterocycles. The molecule has 0 atom stereocenters. The molecule has 0 unspecified atom stereocenters. The van der Waals surface area contributed by atoms with Crippen molar-refractivity contribution in [2.24, 2.45) is 12.5 Å². The molecule has 1 aliphatic carbocycles. The summed E-state index contributed by atoms with van der Waals surface area (Å²) in [6.07, 6.45) is 6.46. The molecule has 1 saturated carbocycles. The van der Waals surface area contributed by atoms with Crippen LogP contribution in [0.3, 0.4) is 0 Å². The molecule has 0 aromatic carbocycles. The van der Waals surface area contributed by atoms with Crippen LogP contribution in [0.4, 0.5) is 0 Å². The first-order valence-corrected chi connectivity index (χ1v) is 7.82. The minimum absolute atomic E-state index is 0.618. The van der Waals surface area contributed by atoms with E-state index in [-0.39, 0.29) is 0 Å². The van der Waals surface area contributed by atoms with Crippen LogP contribution in [0.25, 0.3) is 0 Å². The minimum Gasteiger partial charge on any atom is -0.311 e. The maximum atomic E-state index is 4.53. The minimum atomic E-state index is 0.618. The van der Waals surface area contributed by atoms with Crippen LogP contribution in [0.5, 0.6) is 0 Å². The number of rotatable bonds is 7. The van der Waals surface area contributed by atoms with Gasteiger partial charge in [-0.15, -0.1) is 0 Å². The van der Waals surface area contributed by atoms with Gasteiger partial charge in [0.1, 0.15) is 0 Å². The first kappa shape index (κ1) is 14.1. The highest BCUT2D eigenvalue weighted by Crippen LogP contribution is 2.48. The second-order valence-corrected chi connectivity index (χ2v) is 6.33. The van der Waals surface area contributed by atoms with E-state index in [1.54, 1.807) is 0 Å². The molecule has 3 nitrogen and oxygen atoms in total. The van der Waals surface area contributed by atoms with Crippen LogP contribution >= 0.6 is 15.9 Å². The Kier molecular flexibility index (Phi) is 4.49. The van der Waals surface area contributed by atoms with Crippen molar-refractivity contribution in [3.8, 4) is 0 Å². The molecule has 4 heteroatoms. The van der Waals surface area contributed by atoms with E-state index in [0.29, 0.717) is 5.41 Å². The molecule has 1 heterocycles. The summed E-state index contributed by atoms with van der Waals surface area (Å²) in [5.41, 5.74) is 3.04. The Balaban J connectivity index is 1.89. The van der Waals surface area contributed by atoms with Crippen molar-refractivity contribution in [3.05, 3.63) is 15.9 Å². The van der Waals surface area contributed by atoms with E-state index in [1.165, 1.54) is 35.8 Å². The molecule has 1 fully saturated rings. The molecule has 18 heavy (non-hydrogen) atoms. The number of aromatic nitrogens is 2. The molecule has 0 spiro atoms. The Hall–Kier alpha value is -0.350. The number of hydrogen-bond donors (Lipinski definition) is 1. The highest BCUT2D eigenvalue weighted by molar-refractivity contribution is 9.10. The van der Waals surface area contributed by atoms with E-state index >= 15 is 0 Å². The zero-order valence-electron chi connectivity index (χ0n) is 11.7. The molecule has 2 rings (SSSR count). The molecule has 0 radical (unpaired) electrons. The molecular weight excluding hydrogens is 290 g/mol.